The molecule has 0 unspecified atom stereocenters. The lowest BCUT2D eigenvalue weighted by atomic mass is 9.99. The number of thiophene rings is 1. The molecule has 0 fully saturated rings. The quantitative estimate of drug-likeness (QED) is 0.678. The minimum Gasteiger partial charge on any atom is -0.478 e. The average molecular weight is 342 g/mol. The highest BCUT2D eigenvalue weighted by Crippen LogP contribution is 2.23. The summed E-state index contributed by atoms with van der Waals surface area (Å²) < 4.78 is 0. The Bertz CT molecular complexity index is 1040. The number of hydrogen-bond acceptors (Lipinski definition) is 2. The second-order valence-corrected chi connectivity index (χ2v) is 6.33. The fourth-order valence-electron chi connectivity index (χ4n) is 2.28. The maximum absolute atomic E-state index is 10.9. The third kappa shape index (κ3) is 4.18. The fraction of sp³-hybridized carbons (Fsp3) is 0.0455. The van der Waals surface area contributed by atoms with Crippen molar-refractivity contribution in [2.24, 2.45) is 0 Å². The van der Waals surface area contributed by atoms with E-state index in [0.717, 1.165) is 16.7 Å². The molecule has 1 heterocycles. The highest BCUT2D eigenvalue weighted by atomic mass is 32.1. The molecule has 0 aliphatic rings. The molecule has 3 rings (SSSR count). The summed E-state index contributed by atoms with van der Waals surface area (Å²) in [4.78, 5) is 11.5. The first-order valence-corrected chi connectivity index (χ1v) is 8.51. The van der Waals surface area contributed by atoms with Gasteiger partial charge in [0.1, 0.15) is 0 Å². The second kappa shape index (κ2) is 7.53. The molecular weight excluding hydrogens is 328 g/mol. The van der Waals surface area contributed by atoms with Crippen LogP contribution in [0.2, 0.25) is 0 Å². The molecule has 0 bridgehead atoms. The molecule has 1 aromatic heterocycles. The van der Waals surface area contributed by atoms with Crippen LogP contribution in [-0.2, 0) is 0 Å². The minimum absolute atomic E-state index is 0.256. The second-order valence-electron chi connectivity index (χ2n) is 5.42. The molecule has 3 aromatic rings. The molecule has 0 aliphatic heterocycles. The average Bonchev–Trinajstić information content (AvgIpc) is 3.09. The first-order chi connectivity index (χ1) is 12.1. The zero-order chi connectivity index (χ0) is 17.6. The van der Waals surface area contributed by atoms with Gasteiger partial charge in [-0.1, -0.05) is 53.9 Å². The SMILES string of the molecule is Cc1ccc(-c2ccccc2C#CC#Cc2cc(C(=O)O)cs2)cc1. The maximum atomic E-state index is 10.9. The van der Waals surface area contributed by atoms with Crippen molar-refractivity contribution in [3.8, 4) is 34.8 Å². The summed E-state index contributed by atoms with van der Waals surface area (Å²) in [6.07, 6.45) is 0. The van der Waals surface area contributed by atoms with Crippen molar-refractivity contribution in [2.45, 2.75) is 6.92 Å². The molecule has 0 saturated carbocycles. The Morgan fingerprint density at radius 1 is 1.00 bits per heavy atom. The van der Waals surface area contributed by atoms with Gasteiger partial charge in [-0.15, -0.1) is 11.3 Å². The highest BCUT2D eigenvalue weighted by molar-refractivity contribution is 7.10. The molecule has 0 saturated heterocycles. The molecule has 0 spiro atoms. The first-order valence-electron chi connectivity index (χ1n) is 7.63. The molecule has 120 valence electrons. The van der Waals surface area contributed by atoms with Crippen LogP contribution in [0, 0.1) is 30.6 Å². The van der Waals surface area contributed by atoms with Crippen molar-refractivity contribution in [3.05, 3.63) is 81.5 Å². The van der Waals surface area contributed by atoms with Crippen molar-refractivity contribution in [2.75, 3.05) is 0 Å². The Morgan fingerprint density at radius 3 is 2.44 bits per heavy atom. The summed E-state index contributed by atoms with van der Waals surface area (Å²) >= 11 is 1.30. The standard InChI is InChI=1S/C22H14O2S/c1-16-10-12-18(13-11-16)21-9-5-3-7-17(21)6-2-4-8-20-14-19(15-25-20)22(23)24/h3,5,7,9-15H,1H3,(H,23,24). The van der Waals surface area contributed by atoms with Crippen LogP contribution in [0.15, 0.2) is 60.0 Å². The number of rotatable bonds is 2. The summed E-state index contributed by atoms with van der Waals surface area (Å²) in [6.45, 7) is 2.06. The Labute approximate surface area is 150 Å². The van der Waals surface area contributed by atoms with E-state index in [1.165, 1.54) is 16.9 Å². The summed E-state index contributed by atoms with van der Waals surface area (Å²) in [5.41, 5.74) is 4.58. The predicted octanol–water partition coefficient (Wildman–Crippen LogP) is 4.82. The van der Waals surface area contributed by atoms with Crippen LogP contribution in [0.4, 0.5) is 0 Å². The van der Waals surface area contributed by atoms with Crippen LogP contribution >= 0.6 is 11.3 Å². The van der Waals surface area contributed by atoms with Gasteiger partial charge in [-0.2, -0.15) is 0 Å². The van der Waals surface area contributed by atoms with Crippen molar-refractivity contribution >= 4 is 17.3 Å². The lowest BCUT2D eigenvalue weighted by Gasteiger charge is -2.04. The number of carboxylic acid groups (broad SMARTS) is 1. The Hall–Kier alpha value is -3.27. The van der Waals surface area contributed by atoms with Gasteiger partial charge in [0.15, 0.2) is 0 Å². The zero-order valence-corrected chi connectivity index (χ0v) is 14.4. The minimum atomic E-state index is -0.942. The van der Waals surface area contributed by atoms with Crippen LogP contribution in [0.5, 0.6) is 0 Å². The van der Waals surface area contributed by atoms with Crippen LogP contribution in [0.3, 0.4) is 0 Å². The van der Waals surface area contributed by atoms with E-state index < -0.39 is 5.97 Å². The van der Waals surface area contributed by atoms with Gasteiger partial charge < -0.3 is 5.11 Å². The number of benzene rings is 2. The third-order valence-electron chi connectivity index (χ3n) is 3.58. The number of aromatic carboxylic acids is 1. The molecule has 3 heteroatoms. The predicted molar refractivity (Wildman–Crippen MR) is 102 cm³/mol. The maximum Gasteiger partial charge on any atom is 0.336 e. The van der Waals surface area contributed by atoms with Crippen LogP contribution in [0.1, 0.15) is 26.4 Å². The van der Waals surface area contributed by atoms with Crippen LogP contribution < -0.4 is 0 Å². The Kier molecular flexibility index (Phi) is 5.00. The van der Waals surface area contributed by atoms with E-state index in [9.17, 15) is 4.79 Å². The van der Waals surface area contributed by atoms with E-state index in [4.69, 9.17) is 5.11 Å². The van der Waals surface area contributed by atoms with Crippen molar-refractivity contribution in [3.63, 3.8) is 0 Å². The molecule has 0 aliphatic carbocycles. The monoisotopic (exact) mass is 342 g/mol. The van der Waals surface area contributed by atoms with E-state index in [0.29, 0.717) is 4.88 Å². The fourth-order valence-corrected chi connectivity index (χ4v) is 3.01. The van der Waals surface area contributed by atoms with Gasteiger partial charge in [-0.3, -0.25) is 0 Å². The Balaban J connectivity index is 1.85. The van der Waals surface area contributed by atoms with E-state index in [1.54, 1.807) is 11.4 Å². The number of carboxylic acids is 1. The summed E-state index contributed by atoms with van der Waals surface area (Å²) in [7, 11) is 0. The molecule has 0 amide bonds. The van der Waals surface area contributed by atoms with Crippen molar-refractivity contribution in [1.82, 2.24) is 0 Å². The van der Waals surface area contributed by atoms with Gasteiger partial charge in [-0.25, -0.2) is 4.79 Å². The lowest BCUT2D eigenvalue weighted by Crippen LogP contribution is -1.91. The van der Waals surface area contributed by atoms with E-state index in [-0.39, 0.29) is 5.56 Å². The first kappa shape index (κ1) is 16.6. The molecular formula is C22H14O2S. The number of aryl methyl sites for hydroxylation is 1. The number of hydrogen-bond donors (Lipinski definition) is 1. The molecule has 0 radical (unpaired) electrons. The van der Waals surface area contributed by atoms with E-state index in [2.05, 4.69) is 54.9 Å². The smallest absolute Gasteiger partial charge is 0.336 e. The summed E-state index contributed by atoms with van der Waals surface area (Å²) in [6, 6.07) is 17.8. The molecule has 2 aromatic carbocycles. The van der Waals surface area contributed by atoms with E-state index >= 15 is 0 Å². The van der Waals surface area contributed by atoms with Gasteiger partial charge in [-0.05, 0) is 47.9 Å². The van der Waals surface area contributed by atoms with E-state index in [1.807, 2.05) is 24.3 Å². The van der Waals surface area contributed by atoms with Gasteiger partial charge >= 0.3 is 5.97 Å². The molecule has 1 N–H and O–H groups in total. The van der Waals surface area contributed by atoms with Crippen molar-refractivity contribution < 1.29 is 9.90 Å². The summed E-state index contributed by atoms with van der Waals surface area (Å²) in [5, 5.41) is 10.5. The van der Waals surface area contributed by atoms with Crippen LogP contribution in [-0.4, -0.2) is 11.1 Å². The highest BCUT2D eigenvalue weighted by Gasteiger charge is 2.04. The molecule has 25 heavy (non-hydrogen) atoms. The van der Waals surface area contributed by atoms with Gasteiger partial charge in [0.2, 0.25) is 0 Å². The zero-order valence-electron chi connectivity index (χ0n) is 13.5. The lowest BCUT2D eigenvalue weighted by molar-refractivity contribution is 0.0697. The van der Waals surface area contributed by atoms with Gasteiger partial charge in [0.25, 0.3) is 0 Å². The van der Waals surface area contributed by atoms with Crippen molar-refractivity contribution in [1.29, 1.82) is 0 Å². The van der Waals surface area contributed by atoms with Gasteiger partial charge in [0.05, 0.1) is 10.4 Å². The molecule has 0 atom stereocenters. The number of carbonyl (C=O) groups is 1. The summed E-state index contributed by atoms with van der Waals surface area (Å²) in [5.74, 6) is 10.7. The topological polar surface area (TPSA) is 37.3 Å². The largest absolute Gasteiger partial charge is 0.478 e. The molecule has 2 nitrogen and oxygen atoms in total. The third-order valence-corrected chi connectivity index (χ3v) is 4.43. The Morgan fingerprint density at radius 2 is 1.72 bits per heavy atom. The van der Waals surface area contributed by atoms with Gasteiger partial charge in [0, 0.05) is 10.9 Å². The van der Waals surface area contributed by atoms with Crippen LogP contribution in [0.25, 0.3) is 11.1 Å². The normalized spacial score (nSPS) is 9.48.